The Balaban J connectivity index is 1.84. The molecule has 1 N–H and O–H groups in total. The quantitative estimate of drug-likeness (QED) is 0.526. The van der Waals surface area contributed by atoms with E-state index < -0.39 is 10.0 Å². The number of hydrogen-bond donors (Lipinski definition) is 1. The van der Waals surface area contributed by atoms with Crippen LogP contribution in [0, 0.1) is 0 Å². The second kappa shape index (κ2) is 7.65. The summed E-state index contributed by atoms with van der Waals surface area (Å²) in [5, 5.41) is 11.2. The molecule has 0 atom stereocenters. The van der Waals surface area contributed by atoms with Crippen LogP contribution in [0.4, 0.5) is 0 Å². The van der Waals surface area contributed by atoms with E-state index in [9.17, 15) is 13.2 Å². The van der Waals surface area contributed by atoms with Crippen molar-refractivity contribution in [3.63, 3.8) is 0 Å². The van der Waals surface area contributed by atoms with Crippen LogP contribution in [0.1, 0.15) is 0 Å². The summed E-state index contributed by atoms with van der Waals surface area (Å²) in [6, 6.07) is 11.5. The molecule has 152 valence electrons. The number of aromatic nitrogens is 5. The Morgan fingerprint density at radius 3 is 2.53 bits per heavy atom. The van der Waals surface area contributed by atoms with Gasteiger partial charge in [0.05, 0.1) is 22.5 Å². The third-order valence-corrected chi connectivity index (χ3v) is 6.37. The van der Waals surface area contributed by atoms with E-state index in [2.05, 4.69) is 20.3 Å². The van der Waals surface area contributed by atoms with Gasteiger partial charge in [-0.25, -0.2) is 17.4 Å². The van der Waals surface area contributed by atoms with Crippen LogP contribution in [0.25, 0.3) is 28.2 Å². The number of H-pyrrole nitrogens is 1. The van der Waals surface area contributed by atoms with Gasteiger partial charge in [0, 0.05) is 38.2 Å². The van der Waals surface area contributed by atoms with E-state index in [1.54, 1.807) is 42.7 Å². The van der Waals surface area contributed by atoms with Crippen LogP contribution >= 0.6 is 0 Å². The highest BCUT2D eigenvalue weighted by Gasteiger charge is 2.20. The molecule has 0 saturated heterocycles. The highest BCUT2D eigenvalue weighted by Crippen LogP contribution is 2.23. The zero-order valence-corrected chi connectivity index (χ0v) is 17.0. The van der Waals surface area contributed by atoms with Crippen molar-refractivity contribution >= 4 is 10.0 Å². The fourth-order valence-corrected chi connectivity index (χ4v) is 3.94. The molecule has 0 unspecified atom stereocenters. The van der Waals surface area contributed by atoms with Crippen molar-refractivity contribution in [2.45, 2.75) is 4.90 Å². The molecule has 4 aromatic rings. The van der Waals surface area contributed by atoms with Crippen LogP contribution in [0.3, 0.4) is 0 Å². The van der Waals surface area contributed by atoms with E-state index in [0.717, 1.165) is 4.31 Å². The van der Waals surface area contributed by atoms with Crippen molar-refractivity contribution in [2.24, 2.45) is 0 Å². The van der Waals surface area contributed by atoms with E-state index in [0.29, 0.717) is 22.5 Å². The first-order chi connectivity index (χ1) is 14.4. The minimum atomic E-state index is -3.62. The smallest absolute Gasteiger partial charge is 0.242 e. The first-order valence-corrected chi connectivity index (χ1v) is 10.4. The monoisotopic (exact) mass is 422 g/mol. The first kappa shape index (κ1) is 19.7. The molecule has 0 saturated carbocycles. The summed E-state index contributed by atoms with van der Waals surface area (Å²) in [5.74, 6) is 0. The number of rotatable bonds is 5. The molecule has 4 rings (SSSR count). The number of aromatic amines is 1. The molecule has 3 aromatic heterocycles. The summed E-state index contributed by atoms with van der Waals surface area (Å²) < 4.78 is 27.6. The van der Waals surface area contributed by atoms with Crippen LogP contribution in [-0.4, -0.2) is 51.8 Å². The SMILES string of the molecule is CN(C)S(=O)(=O)c1cccc(-n2nccc2-c2n[nH]cc(-c3ccncc3)c2=O)c1. The maximum Gasteiger partial charge on any atom is 0.242 e. The van der Waals surface area contributed by atoms with Gasteiger partial charge in [-0.05, 0) is 42.0 Å². The van der Waals surface area contributed by atoms with Gasteiger partial charge in [0.25, 0.3) is 0 Å². The predicted molar refractivity (Wildman–Crippen MR) is 112 cm³/mol. The zero-order chi connectivity index (χ0) is 21.3. The van der Waals surface area contributed by atoms with Gasteiger partial charge >= 0.3 is 0 Å². The Morgan fingerprint density at radius 1 is 1.03 bits per heavy atom. The second-order valence-corrected chi connectivity index (χ2v) is 8.78. The van der Waals surface area contributed by atoms with Crippen LogP contribution in [0.15, 0.2) is 76.9 Å². The number of sulfonamides is 1. The topological polar surface area (TPSA) is 114 Å². The second-order valence-electron chi connectivity index (χ2n) is 6.63. The number of benzene rings is 1. The highest BCUT2D eigenvalue weighted by atomic mass is 32.2. The lowest BCUT2D eigenvalue weighted by Gasteiger charge is -2.13. The summed E-state index contributed by atoms with van der Waals surface area (Å²) in [4.78, 5) is 17.2. The van der Waals surface area contributed by atoms with Crippen molar-refractivity contribution in [3.8, 4) is 28.2 Å². The van der Waals surface area contributed by atoms with Gasteiger partial charge in [-0.3, -0.25) is 14.9 Å². The van der Waals surface area contributed by atoms with Crippen LogP contribution in [0.5, 0.6) is 0 Å². The molecular weight excluding hydrogens is 404 g/mol. The lowest BCUT2D eigenvalue weighted by molar-refractivity contribution is 0.520. The van der Waals surface area contributed by atoms with Gasteiger partial charge in [-0.15, -0.1) is 0 Å². The van der Waals surface area contributed by atoms with Gasteiger partial charge in [0.2, 0.25) is 15.5 Å². The fraction of sp³-hybridized carbons (Fsp3) is 0.100. The average molecular weight is 422 g/mol. The van der Waals surface area contributed by atoms with Gasteiger partial charge in [0.1, 0.15) is 0 Å². The molecule has 0 aliphatic rings. The predicted octanol–water partition coefficient (Wildman–Crippen LogP) is 1.93. The summed E-state index contributed by atoms with van der Waals surface area (Å²) in [6.45, 7) is 0. The molecular formula is C20H18N6O3S. The molecule has 30 heavy (non-hydrogen) atoms. The standard InChI is InChI=1S/C20H18N6O3S/c1-25(2)30(28,29)16-5-3-4-15(12-16)26-18(8-11-23-26)19-20(27)17(13-22-24-19)14-6-9-21-10-7-14/h3-13H,1-2H3,(H,22,27). The van der Waals surface area contributed by atoms with Crippen LogP contribution in [-0.2, 0) is 10.0 Å². The molecule has 1 aromatic carbocycles. The summed E-state index contributed by atoms with van der Waals surface area (Å²) in [6.07, 6.45) is 6.28. The molecule has 3 heterocycles. The largest absolute Gasteiger partial charge is 0.287 e. The highest BCUT2D eigenvalue weighted by molar-refractivity contribution is 7.89. The average Bonchev–Trinajstić information content (AvgIpc) is 3.24. The van der Waals surface area contributed by atoms with E-state index in [1.165, 1.54) is 43.3 Å². The Bertz CT molecular complexity index is 1360. The Hall–Kier alpha value is -3.63. The van der Waals surface area contributed by atoms with Gasteiger partial charge in [0.15, 0.2) is 5.69 Å². The van der Waals surface area contributed by atoms with Crippen molar-refractivity contribution in [3.05, 3.63) is 77.5 Å². The molecule has 0 radical (unpaired) electrons. The number of hydrogen-bond acceptors (Lipinski definition) is 6. The van der Waals surface area contributed by atoms with Crippen LogP contribution < -0.4 is 5.43 Å². The Labute approximate surface area is 172 Å². The molecule has 0 aliphatic carbocycles. The summed E-state index contributed by atoms with van der Waals surface area (Å²) in [7, 11) is -0.681. The van der Waals surface area contributed by atoms with Gasteiger partial charge in [-0.2, -0.15) is 10.2 Å². The Morgan fingerprint density at radius 2 is 1.80 bits per heavy atom. The zero-order valence-electron chi connectivity index (χ0n) is 16.2. The van der Waals surface area contributed by atoms with E-state index in [1.807, 2.05) is 0 Å². The summed E-state index contributed by atoms with van der Waals surface area (Å²) >= 11 is 0. The van der Waals surface area contributed by atoms with Crippen molar-refractivity contribution in [1.29, 1.82) is 0 Å². The summed E-state index contributed by atoms with van der Waals surface area (Å²) in [5.41, 5.74) is 1.97. The van der Waals surface area contributed by atoms with E-state index in [4.69, 9.17) is 0 Å². The number of nitrogens with zero attached hydrogens (tertiary/aromatic N) is 5. The lowest BCUT2D eigenvalue weighted by atomic mass is 10.1. The van der Waals surface area contributed by atoms with Crippen LogP contribution in [0.2, 0.25) is 0 Å². The molecule has 0 aliphatic heterocycles. The maximum atomic E-state index is 13.1. The normalized spacial score (nSPS) is 11.7. The fourth-order valence-electron chi connectivity index (χ4n) is 3.00. The van der Waals surface area contributed by atoms with Gasteiger partial charge < -0.3 is 0 Å². The minimum absolute atomic E-state index is 0.124. The molecule has 0 spiro atoms. The third-order valence-electron chi connectivity index (χ3n) is 4.56. The van der Waals surface area contributed by atoms with Crippen molar-refractivity contribution < 1.29 is 8.42 Å². The Kier molecular flexibility index (Phi) is 5.02. The van der Waals surface area contributed by atoms with E-state index in [-0.39, 0.29) is 16.0 Å². The molecule has 9 nitrogen and oxygen atoms in total. The number of pyridine rings is 1. The molecule has 0 amide bonds. The van der Waals surface area contributed by atoms with E-state index >= 15 is 0 Å². The van der Waals surface area contributed by atoms with Crippen molar-refractivity contribution in [1.82, 2.24) is 29.3 Å². The first-order valence-electron chi connectivity index (χ1n) is 8.95. The van der Waals surface area contributed by atoms with Gasteiger partial charge in [-0.1, -0.05) is 6.07 Å². The molecule has 10 heteroatoms. The molecule has 0 bridgehead atoms. The minimum Gasteiger partial charge on any atom is -0.287 e. The third kappa shape index (κ3) is 3.42. The van der Waals surface area contributed by atoms with Crippen molar-refractivity contribution in [2.75, 3.05) is 14.1 Å². The number of nitrogens with one attached hydrogen (secondary N) is 1. The maximum absolute atomic E-state index is 13.1. The lowest BCUT2D eigenvalue weighted by Crippen LogP contribution is -2.22. The molecule has 0 fully saturated rings.